The van der Waals surface area contributed by atoms with Gasteiger partial charge in [0.05, 0.1) is 26.0 Å². The van der Waals surface area contributed by atoms with Gasteiger partial charge in [0.1, 0.15) is 24.2 Å². The number of carbonyl (C=O) groups excluding carboxylic acids is 1. The third-order valence-corrected chi connectivity index (χ3v) is 9.12. The maximum atomic E-state index is 14.3. The molecule has 1 aromatic heterocycles. The van der Waals surface area contributed by atoms with E-state index in [1.54, 1.807) is 56.3 Å². The molecule has 0 saturated heterocycles. The van der Waals surface area contributed by atoms with Crippen molar-refractivity contribution in [2.24, 2.45) is 4.99 Å². The Balaban J connectivity index is 1.67. The fourth-order valence-corrected chi connectivity index (χ4v) is 7.85. The largest absolute Gasteiger partial charge is 0.487 e. The minimum Gasteiger partial charge on any atom is -0.487 e. The van der Waals surface area contributed by atoms with E-state index in [0.717, 1.165) is 7.14 Å². The van der Waals surface area contributed by atoms with Crippen molar-refractivity contribution >= 4 is 80.2 Å². The Morgan fingerprint density at radius 3 is 2.63 bits per heavy atom. The highest BCUT2D eigenvalue weighted by Gasteiger charge is 2.34. The third kappa shape index (κ3) is 6.15. The number of aromatic nitrogens is 1. The molecule has 0 aliphatic carbocycles. The highest BCUT2D eigenvalue weighted by Crippen LogP contribution is 2.35. The topological polar surface area (TPSA) is 69.9 Å². The number of nitrogens with zero attached hydrogens (tertiary/aromatic N) is 2. The maximum Gasteiger partial charge on any atom is 0.338 e. The van der Waals surface area contributed by atoms with Crippen LogP contribution in [0.3, 0.4) is 0 Å². The number of halogens is 4. The molecule has 11 heteroatoms. The predicted octanol–water partition coefficient (Wildman–Crippen LogP) is 6.38. The van der Waals surface area contributed by atoms with Crippen molar-refractivity contribution in [3.8, 4) is 5.75 Å². The van der Waals surface area contributed by atoms with Crippen LogP contribution in [0.4, 0.5) is 4.39 Å². The molecule has 0 amide bonds. The molecule has 0 unspecified atom stereocenters. The van der Waals surface area contributed by atoms with E-state index in [9.17, 15) is 14.0 Å². The van der Waals surface area contributed by atoms with Crippen LogP contribution in [0.5, 0.6) is 5.75 Å². The fraction of sp³-hybridized carbons (Fsp3) is 0.167. The Morgan fingerprint density at radius 2 is 1.90 bits per heavy atom. The summed E-state index contributed by atoms with van der Waals surface area (Å²) in [4.78, 5) is 32.2. The molecule has 0 N–H and O–H groups in total. The Labute approximate surface area is 271 Å². The SMILES string of the molecule is CCOC(=O)C1=C(C)N=c2s/c(=C\c3cc(I)cc(I)c3OCc3ccccc3F)c(=O)n2[C@H]1c1ccccc1Cl. The zero-order valence-electron chi connectivity index (χ0n) is 21.8. The molecule has 210 valence electrons. The van der Waals surface area contributed by atoms with Gasteiger partial charge in [0, 0.05) is 19.7 Å². The van der Waals surface area contributed by atoms with Crippen LogP contribution >= 0.6 is 68.1 Å². The van der Waals surface area contributed by atoms with E-state index >= 15 is 0 Å². The van der Waals surface area contributed by atoms with Gasteiger partial charge >= 0.3 is 5.97 Å². The summed E-state index contributed by atoms with van der Waals surface area (Å²) in [6, 6.07) is 16.6. The molecule has 3 aromatic carbocycles. The van der Waals surface area contributed by atoms with E-state index in [4.69, 9.17) is 21.1 Å². The molecule has 1 aliphatic rings. The van der Waals surface area contributed by atoms with Crippen molar-refractivity contribution in [2.75, 3.05) is 6.61 Å². The Morgan fingerprint density at radius 1 is 1.17 bits per heavy atom. The van der Waals surface area contributed by atoms with Crippen molar-refractivity contribution in [1.82, 2.24) is 4.57 Å². The lowest BCUT2D eigenvalue weighted by molar-refractivity contribution is -0.139. The van der Waals surface area contributed by atoms with Crippen LogP contribution in [-0.4, -0.2) is 17.1 Å². The number of rotatable bonds is 7. The highest BCUT2D eigenvalue weighted by atomic mass is 127. The minimum absolute atomic E-state index is 0.0277. The number of thiazole rings is 1. The van der Waals surface area contributed by atoms with Gasteiger partial charge in [-0.15, -0.1) is 0 Å². The van der Waals surface area contributed by atoms with Crippen molar-refractivity contribution in [3.63, 3.8) is 0 Å². The number of ether oxygens (including phenoxy) is 2. The Kier molecular flexibility index (Phi) is 9.31. The number of hydrogen-bond donors (Lipinski definition) is 0. The Hall–Kier alpha value is -2.55. The van der Waals surface area contributed by atoms with E-state index in [0.29, 0.717) is 42.5 Å². The monoisotopic (exact) mass is 814 g/mol. The first kappa shape index (κ1) is 29.9. The summed E-state index contributed by atoms with van der Waals surface area (Å²) in [7, 11) is 0. The number of allylic oxidation sites excluding steroid dienone is 1. The number of carbonyl (C=O) groups is 1. The smallest absolute Gasteiger partial charge is 0.338 e. The van der Waals surface area contributed by atoms with Gasteiger partial charge in [0.25, 0.3) is 5.56 Å². The number of benzene rings is 3. The summed E-state index contributed by atoms with van der Waals surface area (Å²) in [6.45, 7) is 3.65. The third-order valence-electron chi connectivity index (χ3n) is 6.37. The van der Waals surface area contributed by atoms with Crippen LogP contribution in [0.2, 0.25) is 5.02 Å². The molecule has 6 nitrogen and oxygen atoms in total. The fourth-order valence-electron chi connectivity index (χ4n) is 4.53. The van der Waals surface area contributed by atoms with Gasteiger partial charge in [-0.1, -0.05) is 59.3 Å². The quantitative estimate of drug-likeness (QED) is 0.161. The van der Waals surface area contributed by atoms with Crippen LogP contribution < -0.4 is 19.6 Å². The molecule has 2 heterocycles. The lowest BCUT2D eigenvalue weighted by atomic mass is 9.96. The van der Waals surface area contributed by atoms with Crippen LogP contribution in [0.25, 0.3) is 6.08 Å². The second kappa shape index (κ2) is 12.8. The number of fused-ring (bicyclic) bond motifs is 1. The average Bonchev–Trinajstić information content (AvgIpc) is 3.22. The number of esters is 1. The van der Waals surface area contributed by atoms with E-state index in [1.165, 1.54) is 22.0 Å². The molecule has 41 heavy (non-hydrogen) atoms. The van der Waals surface area contributed by atoms with Crippen molar-refractivity contribution in [2.45, 2.75) is 26.5 Å². The van der Waals surface area contributed by atoms with E-state index in [2.05, 4.69) is 50.2 Å². The van der Waals surface area contributed by atoms with Gasteiger partial charge in [0.2, 0.25) is 0 Å². The summed E-state index contributed by atoms with van der Waals surface area (Å²) in [5, 5.41) is 0.416. The first-order valence-corrected chi connectivity index (χ1v) is 15.8. The van der Waals surface area contributed by atoms with Gasteiger partial charge in [0.15, 0.2) is 4.80 Å². The zero-order chi connectivity index (χ0) is 29.3. The van der Waals surface area contributed by atoms with Gasteiger partial charge in [-0.25, -0.2) is 14.2 Å². The maximum absolute atomic E-state index is 14.3. The molecule has 0 fully saturated rings. The molecule has 0 spiro atoms. The van der Waals surface area contributed by atoms with E-state index in [1.807, 2.05) is 18.2 Å². The van der Waals surface area contributed by atoms with Gasteiger partial charge < -0.3 is 9.47 Å². The van der Waals surface area contributed by atoms with Gasteiger partial charge in [-0.3, -0.25) is 9.36 Å². The van der Waals surface area contributed by atoms with Crippen molar-refractivity contribution in [1.29, 1.82) is 0 Å². The van der Waals surface area contributed by atoms with Crippen LogP contribution in [0.15, 0.2) is 81.7 Å². The van der Waals surface area contributed by atoms with Crippen LogP contribution in [0, 0.1) is 13.0 Å². The first-order chi connectivity index (χ1) is 19.7. The average molecular weight is 815 g/mol. The summed E-state index contributed by atoms with van der Waals surface area (Å²) in [5.74, 6) is -0.370. The lowest BCUT2D eigenvalue weighted by Gasteiger charge is -2.25. The molecular formula is C30H22ClFI2N2O4S. The second-order valence-electron chi connectivity index (χ2n) is 9.01. The second-order valence-corrected chi connectivity index (χ2v) is 12.8. The highest BCUT2D eigenvalue weighted by molar-refractivity contribution is 14.1. The van der Waals surface area contributed by atoms with E-state index in [-0.39, 0.29) is 30.2 Å². The lowest BCUT2D eigenvalue weighted by Crippen LogP contribution is -2.40. The summed E-state index contributed by atoms with van der Waals surface area (Å²) >= 11 is 12.2. The molecule has 5 rings (SSSR count). The molecule has 1 aliphatic heterocycles. The summed E-state index contributed by atoms with van der Waals surface area (Å²) < 4.78 is 29.4. The molecule has 4 aromatic rings. The minimum atomic E-state index is -0.811. The van der Waals surface area contributed by atoms with E-state index < -0.39 is 12.0 Å². The molecule has 0 saturated carbocycles. The van der Waals surface area contributed by atoms with Crippen LogP contribution in [-0.2, 0) is 16.1 Å². The number of hydrogen-bond acceptors (Lipinski definition) is 6. The molecular weight excluding hydrogens is 793 g/mol. The molecule has 0 bridgehead atoms. The first-order valence-electron chi connectivity index (χ1n) is 12.5. The molecule has 0 radical (unpaired) electrons. The Bertz CT molecular complexity index is 1890. The summed E-state index contributed by atoms with van der Waals surface area (Å²) in [5.41, 5.74) is 2.07. The standard InChI is InChI=1S/C30H22ClFI2N2O4S/c1-3-39-29(38)25-16(2)35-30-36(26(25)20-9-5-6-10-21(20)31)28(37)24(41-30)13-18-12-19(33)14-23(34)27(18)40-15-17-8-4-7-11-22(17)32/h4-14,26H,3,15H2,1-2H3/b24-13-/t26-/m0/s1. The molecule has 1 atom stereocenters. The van der Waals surface area contributed by atoms with Gasteiger partial charge in [-0.05, 0) is 94.9 Å². The van der Waals surface area contributed by atoms with Crippen molar-refractivity contribution in [3.05, 3.63) is 126 Å². The summed E-state index contributed by atoms with van der Waals surface area (Å²) in [6.07, 6.45) is 1.75. The predicted molar refractivity (Wildman–Crippen MR) is 174 cm³/mol. The normalized spacial score (nSPS) is 15.0. The zero-order valence-corrected chi connectivity index (χ0v) is 27.7. The van der Waals surface area contributed by atoms with Crippen LogP contribution in [0.1, 0.15) is 36.6 Å². The van der Waals surface area contributed by atoms with Gasteiger partial charge in [-0.2, -0.15) is 0 Å². The van der Waals surface area contributed by atoms with Crippen molar-refractivity contribution < 1.29 is 18.7 Å².